The van der Waals surface area contributed by atoms with Crippen molar-refractivity contribution in [2.45, 2.75) is 34.4 Å². The Balaban J connectivity index is 3.31. The molecule has 0 atom stereocenters. The fraction of sp³-hybridized carbons (Fsp3) is 0.857. The molecule has 1 heterocycles. The average Bonchev–Trinajstić information content (AvgIpc) is 2.47. The van der Waals surface area contributed by atoms with Crippen LogP contribution in [0.5, 0.6) is 0 Å². The second kappa shape index (κ2) is 4.32. The van der Waals surface area contributed by atoms with Gasteiger partial charge in [0.05, 0.1) is 5.54 Å². The molecule has 0 spiro atoms. The molecule has 0 aliphatic carbocycles. The van der Waals surface area contributed by atoms with E-state index in [0.717, 1.165) is 0 Å². The van der Waals surface area contributed by atoms with Gasteiger partial charge in [0.2, 0.25) is 8.13 Å². The lowest BCUT2D eigenvalue weighted by Gasteiger charge is -2.29. The van der Waals surface area contributed by atoms with Crippen LogP contribution in [-0.2, 0) is 9.87 Å². The van der Waals surface area contributed by atoms with Crippen LogP contribution in [0.25, 0.3) is 0 Å². The van der Waals surface area contributed by atoms with Crippen LogP contribution in [-0.4, -0.2) is 24.0 Å². The summed E-state index contributed by atoms with van der Waals surface area (Å²) in [5.74, 6) is 0.0864. The first-order valence-corrected chi connectivity index (χ1v) is 6.11. The van der Waals surface area contributed by atoms with Gasteiger partial charge in [-0.25, -0.2) is 4.68 Å². The van der Waals surface area contributed by atoms with Crippen molar-refractivity contribution in [3.05, 3.63) is 5.82 Å². The summed E-state index contributed by atoms with van der Waals surface area (Å²) in [7, 11) is 0. The molecule has 0 saturated heterocycles. The van der Waals surface area contributed by atoms with Crippen molar-refractivity contribution in [2.24, 2.45) is 0 Å². The normalized spacial score (nSPS) is 14.2. The number of hydrogen-bond donors (Lipinski definition) is 0. The van der Waals surface area contributed by atoms with E-state index in [2.05, 4.69) is 15.5 Å². The Morgan fingerprint density at radius 3 is 1.88 bits per heavy atom. The minimum atomic E-state index is -1.94. The quantitative estimate of drug-likeness (QED) is 0.743. The maximum Gasteiger partial charge on any atom is 0.230 e. The Kier molecular flexibility index (Phi) is 3.94. The first-order valence-electron chi connectivity index (χ1n) is 4.22. The maximum atomic E-state index is 6.00. The molecule has 0 saturated carbocycles. The van der Waals surface area contributed by atoms with Crippen molar-refractivity contribution in [1.82, 2.24) is 20.2 Å². The zero-order chi connectivity index (χ0) is 12.8. The zero-order valence-corrected chi connectivity index (χ0v) is 12.5. The van der Waals surface area contributed by atoms with E-state index in [1.54, 1.807) is 0 Å². The highest BCUT2D eigenvalue weighted by atomic mass is 35.6. The molecule has 0 aromatic carbocycles. The Morgan fingerprint density at radius 2 is 1.50 bits per heavy atom. The number of alkyl halides is 5. The van der Waals surface area contributed by atoms with E-state index in [0.29, 0.717) is 0 Å². The largest absolute Gasteiger partial charge is 0.230 e. The van der Waals surface area contributed by atoms with Crippen LogP contribution in [0.2, 0.25) is 0 Å². The fourth-order valence-corrected chi connectivity index (χ4v) is 1.45. The topological polar surface area (TPSA) is 43.6 Å². The van der Waals surface area contributed by atoms with E-state index in [-0.39, 0.29) is 5.82 Å². The summed E-state index contributed by atoms with van der Waals surface area (Å²) in [6.07, 6.45) is 0. The molecule has 92 valence electrons. The Labute approximate surface area is 118 Å². The lowest BCUT2D eigenvalue weighted by atomic mass is 10.1. The molecular formula is C7H9Cl5N4. The van der Waals surface area contributed by atoms with Gasteiger partial charge in [-0.05, 0) is 31.2 Å². The highest BCUT2D eigenvalue weighted by molar-refractivity contribution is 6.75. The molecule has 9 heteroatoms. The third-order valence-electron chi connectivity index (χ3n) is 1.74. The molecule has 0 N–H and O–H groups in total. The third kappa shape index (κ3) is 2.67. The van der Waals surface area contributed by atoms with Gasteiger partial charge in [0, 0.05) is 0 Å². The van der Waals surface area contributed by atoms with Crippen molar-refractivity contribution in [2.75, 3.05) is 0 Å². The molecule has 0 aliphatic rings. The maximum absolute atomic E-state index is 6.00. The third-order valence-corrected chi connectivity index (χ3v) is 4.08. The summed E-state index contributed by atoms with van der Waals surface area (Å²) < 4.78 is -2.35. The minimum absolute atomic E-state index is 0.0864. The van der Waals surface area contributed by atoms with Gasteiger partial charge in [-0.3, -0.25) is 0 Å². The predicted molar refractivity (Wildman–Crippen MR) is 66.5 cm³/mol. The lowest BCUT2D eigenvalue weighted by molar-refractivity contribution is 0.331. The Hall–Kier alpha value is 0.520. The summed E-state index contributed by atoms with van der Waals surface area (Å²) in [6.45, 7) is 5.61. The Bertz CT molecular complexity index is 375. The number of hydrogen-bond acceptors (Lipinski definition) is 3. The smallest absolute Gasteiger partial charge is 0.221 e. The molecule has 0 fully saturated rings. The SMILES string of the molecule is CC(C)(C)n1nnnc1C(Cl)(Cl)C(Cl)(Cl)Cl. The van der Waals surface area contributed by atoms with Gasteiger partial charge in [0.25, 0.3) is 0 Å². The predicted octanol–water partition coefficient (Wildman–Crippen LogP) is 3.43. The minimum Gasteiger partial charge on any atom is -0.221 e. The fourth-order valence-electron chi connectivity index (χ4n) is 0.962. The second-order valence-electron chi connectivity index (χ2n) is 4.16. The van der Waals surface area contributed by atoms with Crippen LogP contribution in [0.3, 0.4) is 0 Å². The summed E-state index contributed by atoms with van der Waals surface area (Å²) in [4.78, 5) is 0. The number of rotatable bonds is 1. The number of halogens is 5. The van der Waals surface area contributed by atoms with Gasteiger partial charge in [-0.15, -0.1) is 5.10 Å². The second-order valence-corrected chi connectivity index (χ2v) is 7.77. The lowest BCUT2D eigenvalue weighted by Crippen LogP contribution is -2.36. The summed E-state index contributed by atoms with van der Waals surface area (Å²) in [5.41, 5.74) is -0.427. The number of aromatic nitrogens is 4. The van der Waals surface area contributed by atoms with Gasteiger partial charge >= 0.3 is 0 Å². The Morgan fingerprint density at radius 1 is 1.00 bits per heavy atom. The van der Waals surface area contributed by atoms with E-state index < -0.39 is 13.7 Å². The van der Waals surface area contributed by atoms with Crippen molar-refractivity contribution in [3.8, 4) is 0 Å². The van der Waals surface area contributed by atoms with Crippen molar-refractivity contribution in [3.63, 3.8) is 0 Å². The van der Waals surface area contributed by atoms with E-state index in [4.69, 9.17) is 58.0 Å². The summed E-state index contributed by atoms with van der Waals surface area (Å²) >= 11 is 29.1. The molecule has 0 amide bonds. The van der Waals surface area contributed by atoms with Crippen LogP contribution in [0, 0.1) is 0 Å². The molecule has 16 heavy (non-hydrogen) atoms. The van der Waals surface area contributed by atoms with Crippen LogP contribution < -0.4 is 0 Å². The van der Waals surface area contributed by atoms with E-state index in [9.17, 15) is 0 Å². The monoisotopic (exact) mass is 324 g/mol. The molecule has 1 rings (SSSR count). The highest BCUT2D eigenvalue weighted by Gasteiger charge is 2.52. The van der Waals surface area contributed by atoms with Crippen LogP contribution in [0.15, 0.2) is 0 Å². The average molecular weight is 326 g/mol. The molecule has 1 aromatic heterocycles. The highest BCUT2D eigenvalue weighted by Crippen LogP contribution is 2.52. The van der Waals surface area contributed by atoms with Crippen LogP contribution in [0.1, 0.15) is 26.6 Å². The first kappa shape index (κ1) is 14.6. The van der Waals surface area contributed by atoms with E-state index >= 15 is 0 Å². The van der Waals surface area contributed by atoms with E-state index in [1.165, 1.54) is 4.68 Å². The zero-order valence-electron chi connectivity index (χ0n) is 8.68. The number of nitrogens with zero attached hydrogens (tertiary/aromatic N) is 4. The van der Waals surface area contributed by atoms with Crippen molar-refractivity contribution in [1.29, 1.82) is 0 Å². The van der Waals surface area contributed by atoms with Gasteiger partial charge in [0.15, 0.2) is 5.82 Å². The molecule has 4 nitrogen and oxygen atoms in total. The molecule has 0 radical (unpaired) electrons. The molecule has 0 aliphatic heterocycles. The van der Waals surface area contributed by atoms with E-state index in [1.807, 2.05) is 20.8 Å². The van der Waals surface area contributed by atoms with Crippen molar-refractivity contribution >= 4 is 58.0 Å². The summed E-state index contributed by atoms with van der Waals surface area (Å²) in [6, 6.07) is 0. The van der Waals surface area contributed by atoms with Gasteiger partial charge in [-0.1, -0.05) is 58.0 Å². The van der Waals surface area contributed by atoms with Crippen LogP contribution in [0.4, 0.5) is 0 Å². The summed E-state index contributed by atoms with van der Waals surface area (Å²) in [5, 5.41) is 11.0. The van der Waals surface area contributed by atoms with Gasteiger partial charge in [-0.2, -0.15) is 0 Å². The van der Waals surface area contributed by atoms with Gasteiger partial charge < -0.3 is 0 Å². The standard InChI is InChI=1S/C7H9Cl5N4/c1-5(2,3)16-4(13-14-15-16)6(8,9)7(10,11)12/h1-3H3. The molecule has 0 bridgehead atoms. The number of tetrazole rings is 1. The molecular weight excluding hydrogens is 317 g/mol. The van der Waals surface area contributed by atoms with Crippen LogP contribution >= 0.6 is 58.0 Å². The van der Waals surface area contributed by atoms with Crippen molar-refractivity contribution < 1.29 is 0 Å². The van der Waals surface area contributed by atoms with Gasteiger partial charge in [0.1, 0.15) is 0 Å². The molecule has 0 unspecified atom stereocenters. The first-order chi connectivity index (χ1) is 6.98. The molecule has 1 aromatic rings.